The minimum atomic E-state index is -1.80. The lowest BCUT2D eigenvalue weighted by Crippen LogP contribution is -2.58. The summed E-state index contributed by atoms with van der Waals surface area (Å²) >= 11 is 22.8. The molecule has 0 fully saturated rings. The number of nitrogens with one attached hydrogen (secondary N) is 3. The zero-order valence-electron chi connectivity index (χ0n) is 12.8. The molecule has 0 saturated heterocycles. The molecule has 0 spiro atoms. The van der Waals surface area contributed by atoms with Gasteiger partial charge in [-0.05, 0) is 36.5 Å². The van der Waals surface area contributed by atoms with Gasteiger partial charge in [-0.3, -0.25) is 4.79 Å². The highest BCUT2D eigenvalue weighted by Gasteiger charge is 2.36. The van der Waals surface area contributed by atoms with E-state index in [-0.39, 0.29) is 16.8 Å². The van der Waals surface area contributed by atoms with Crippen LogP contribution in [-0.4, -0.2) is 26.1 Å². The Morgan fingerprint density at radius 1 is 1.13 bits per heavy atom. The number of carbonyl (C=O) groups excluding carboxylic acids is 1. The molecule has 9 heteroatoms. The summed E-state index contributed by atoms with van der Waals surface area (Å²) in [7, 11) is 0. The van der Waals surface area contributed by atoms with E-state index in [9.17, 15) is 9.90 Å². The number of hydrogen-bond acceptors (Lipinski definition) is 3. The molecule has 0 heterocycles. The van der Waals surface area contributed by atoms with Crippen LogP contribution in [0.25, 0.3) is 0 Å². The molecule has 0 saturated carbocycles. The molecule has 4 N–H and O–H groups in total. The van der Waals surface area contributed by atoms with Crippen molar-refractivity contribution in [3.05, 3.63) is 24.3 Å². The van der Waals surface area contributed by atoms with Gasteiger partial charge in [0.25, 0.3) is 0 Å². The molecule has 0 aliphatic rings. The Hall–Kier alpha value is -0.950. The molecule has 23 heavy (non-hydrogen) atoms. The van der Waals surface area contributed by atoms with E-state index in [4.69, 9.17) is 47.0 Å². The first-order valence-corrected chi connectivity index (χ1v) is 8.18. The Morgan fingerprint density at radius 3 is 2.09 bits per heavy atom. The summed E-state index contributed by atoms with van der Waals surface area (Å²) in [4.78, 5) is 12.1. The largest absolute Gasteiger partial charge is 0.508 e. The van der Waals surface area contributed by atoms with E-state index in [2.05, 4.69) is 16.0 Å². The first-order valence-electron chi connectivity index (χ1n) is 6.64. The molecular weight excluding hydrogens is 381 g/mol. The lowest BCUT2D eigenvalue weighted by molar-refractivity contribution is -0.129. The van der Waals surface area contributed by atoms with Gasteiger partial charge in [-0.2, -0.15) is 0 Å². The number of thiocarbonyl (C=S) groups is 1. The number of halogens is 3. The van der Waals surface area contributed by atoms with Crippen LogP contribution < -0.4 is 16.0 Å². The summed E-state index contributed by atoms with van der Waals surface area (Å²) in [5.74, 6) is -0.167. The smallest absolute Gasteiger partial charge is 0.228 e. The first-order chi connectivity index (χ1) is 10.4. The van der Waals surface area contributed by atoms with Gasteiger partial charge >= 0.3 is 0 Å². The number of benzene rings is 1. The van der Waals surface area contributed by atoms with Gasteiger partial charge in [0.15, 0.2) is 5.11 Å². The van der Waals surface area contributed by atoms with E-state index >= 15 is 0 Å². The molecule has 0 unspecified atom stereocenters. The number of hydrogen-bond donors (Lipinski definition) is 4. The standard InChI is InChI=1S/C14H18Cl3N3O2S/c1-13(2,3)11(22)19-10(14(15,16)17)20-12(23)18-8-4-6-9(21)7-5-8/h4-7,10,21H,1-3H3,(H,19,22)(H2,18,20,23)/t10-/m0/s1. The SMILES string of the molecule is CC(C)(C)C(=O)N[C@@H](NC(=S)Nc1ccc(O)cc1)C(Cl)(Cl)Cl. The highest BCUT2D eigenvalue weighted by atomic mass is 35.6. The van der Waals surface area contributed by atoms with Crippen molar-refractivity contribution in [1.29, 1.82) is 0 Å². The second-order valence-electron chi connectivity index (χ2n) is 5.84. The van der Waals surface area contributed by atoms with Crippen molar-refractivity contribution in [3.63, 3.8) is 0 Å². The Morgan fingerprint density at radius 2 is 1.65 bits per heavy atom. The van der Waals surface area contributed by atoms with Crippen LogP contribution >= 0.6 is 47.0 Å². The lowest BCUT2D eigenvalue weighted by Gasteiger charge is -2.30. The molecule has 128 valence electrons. The average molecular weight is 399 g/mol. The van der Waals surface area contributed by atoms with Crippen LogP contribution in [0.2, 0.25) is 0 Å². The number of aromatic hydroxyl groups is 1. The van der Waals surface area contributed by atoms with Crippen molar-refractivity contribution in [1.82, 2.24) is 10.6 Å². The van der Waals surface area contributed by atoms with Gasteiger partial charge in [0.2, 0.25) is 9.70 Å². The fraction of sp³-hybridized carbons (Fsp3) is 0.429. The van der Waals surface area contributed by atoms with E-state index in [1.807, 2.05) is 0 Å². The minimum Gasteiger partial charge on any atom is -0.508 e. The van der Waals surface area contributed by atoms with Gasteiger partial charge in [-0.25, -0.2) is 0 Å². The molecule has 0 aliphatic carbocycles. The third kappa shape index (κ3) is 6.99. The van der Waals surface area contributed by atoms with Crippen molar-refractivity contribution in [2.24, 2.45) is 5.41 Å². The minimum absolute atomic E-state index is 0.131. The van der Waals surface area contributed by atoms with Gasteiger partial charge in [-0.1, -0.05) is 55.6 Å². The molecule has 0 aliphatic heterocycles. The van der Waals surface area contributed by atoms with Crippen LogP contribution in [0.1, 0.15) is 20.8 Å². The third-order valence-electron chi connectivity index (χ3n) is 2.68. The zero-order chi connectivity index (χ0) is 17.8. The molecule has 0 radical (unpaired) electrons. The number of carbonyl (C=O) groups is 1. The quantitative estimate of drug-likeness (QED) is 0.271. The molecule has 0 bridgehead atoms. The Labute approximate surface area is 155 Å². The van der Waals surface area contributed by atoms with Crippen LogP contribution in [-0.2, 0) is 4.79 Å². The zero-order valence-corrected chi connectivity index (χ0v) is 15.9. The maximum atomic E-state index is 12.1. The lowest BCUT2D eigenvalue weighted by atomic mass is 9.95. The maximum Gasteiger partial charge on any atom is 0.228 e. The topological polar surface area (TPSA) is 73.4 Å². The fourth-order valence-corrected chi connectivity index (χ4v) is 1.95. The van der Waals surface area contributed by atoms with Crippen molar-refractivity contribution in [3.8, 4) is 5.75 Å². The van der Waals surface area contributed by atoms with Gasteiger partial charge in [-0.15, -0.1) is 0 Å². The number of rotatable bonds is 3. The molecule has 5 nitrogen and oxygen atoms in total. The number of anilines is 1. The summed E-state index contributed by atoms with van der Waals surface area (Å²) in [6.07, 6.45) is -1.02. The first kappa shape index (κ1) is 20.1. The van der Waals surface area contributed by atoms with E-state index in [0.29, 0.717) is 5.69 Å². The second-order valence-corrected chi connectivity index (χ2v) is 8.62. The average Bonchev–Trinajstić information content (AvgIpc) is 2.38. The Balaban J connectivity index is 2.75. The summed E-state index contributed by atoms with van der Waals surface area (Å²) in [6.45, 7) is 5.22. The van der Waals surface area contributed by atoms with E-state index in [1.54, 1.807) is 32.9 Å². The van der Waals surface area contributed by atoms with Gasteiger partial charge in [0.05, 0.1) is 0 Å². The summed E-state index contributed by atoms with van der Waals surface area (Å²) in [5, 5.41) is 17.6. The molecule has 1 atom stereocenters. The summed E-state index contributed by atoms with van der Waals surface area (Å²) < 4.78 is -1.80. The molecular formula is C14H18Cl3N3O2S. The van der Waals surface area contributed by atoms with E-state index in [1.165, 1.54) is 12.1 Å². The van der Waals surface area contributed by atoms with Crippen LogP contribution in [0.5, 0.6) is 5.75 Å². The highest BCUT2D eigenvalue weighted by molar-refractivity contribution is 7.80. The van der Waals surface area contributed by atoms with Crippen molar-refractivity contribution < 1.29 is 9.90 Å². The van der Waals surface area contributed by atoms with Crippen molar-refractivity contribution >= 4 is 63.7 Å². The van der Waals surface area contributed by atoms with Crippen LogP contribution in [0.4, 0.5) is 5.69 Å². The fourth-order valence-electron chi connectivity index (χ4n) is 1.39. The third-order valence-corrected chi connectivity index (χ3v) is 3.56. The summed E-state index contributed by atoms with van der Waals surface area (Å²) in [5.41, 5.74) is -0.0208. The Kier molecular flexibility index (Phi) is 6.77. The van der Waals surface area contributed by atoms with Crippen LogP contribution in [0.3, 0.4) is 0 Å². The molecule has 1 rings (SSSR count). The van der Waals surface area contributed by atoms with Crippen molar-refractivity contribution in [2.75, 3.05) is 5.32 Å². The summed E-state index contributed by atoms with van der Waals surface area (Å²) in [6, 6.07) is 6.25. The number of alkyl halides is 3. The van der Waals surface area contributed by atoms with Gasteiger partial charge < -0.3 is 21.1 Å². The maximum absolute atomic E-state index is 12.1. The Bertz CT molecular complexity index is 568. The predicted octanol–water partition coefficient (Wildman–Crippen LogP) is 3.54. The molecule has 1 aromatic carbocycles. The number of phenolic OH excluding ortho intramolecular Hbond substituents is 1. The molecule has 0 aromatic heterocycles. The van der Waals surface area contributed by atoms with E-state index in [0.717, 1.165) is 0 Å². The highest BCUT2D eigenvalue weighted by Crippen LogP contribution is 2.30. The van der Waals surface area contributed by atoms with Gasteiger partial charge in [0.1, 0.15) is 11.9 Å². The number of amides is 1. The van der Waals surface area contributed by atoms with Crippen LogP contribution in [0.15, 0.2) is 24.3 Å². The normalized spacial score (nSPS) is 13.1. The second kappa shape index (κ2) is 7.75. The van der Waals surface area contributed by atoms with Crippen LogP contribution in [0, 0.1) is 5.41 Å². The van der Waals surface area contributed by atoms with E-state index < -0.39 is 15.4 Å². The van der Waals surface area contributed by atoms with Gasteiger partial charge in [0, 0.05) is 11.1 Å². The molecule has 1 aromatic rings. The molecule has 1 amide bonds. The predicted molar refractivity (Wildman–Crippen MR) is 99.1 cm³/mol. The monoisotopic (exact) mass is 397 g/mol. The number of phenols is 1. The van der Waals surface area contributed by atoms with Crippen molar-refractivity contribution in [2.45, 2.75) is 30.7 Å².